The normalized spacial score (nSPS) is 18.7. The molecule has 0 aliphatic carbocycles. The number of carbonyl (C=O) groups is 2. The summed E-state index contributed by atoms with van der Waals surface area (Å²) in [5.41, 5.74) is 1.88. The van der Waals surface area contributed by atoms with E-state index < -0.39 is 11.9 Å². The number of piperidine rings is 1. The number of rotatable bonds is 2. The Morgan fingerprint density at radius 3 is 2.70 bits per heavy atom. The van der Waals surface area contributed by atoms with E-state index in [2.05, 4.69) is 0 Å². The van der Waals surface area contributed by atoms with Crippen molar-refractivity contribution < 1.29 is 14.7 Å². The smallest absolute Gasteiger partial charge is 0.324 e. The van der Waals surface area contributed by atoms with Gasteiger partial charge in [0, 0.05) is 25.8 Å². The molecule has 2 rings (SSSR count). The van der Waals surface area contributed by atoms with Crippen molar-refractivity contribution in [3.8, 4) is 0 Å². The molecule has 5 heteroatoms. The van der Waals surface area contributed by atoms with Crippen LogP contribution in [-0.4, -0.2) is 42.1 Å². The molecule has 108 valence electrons. The zero-order valence-corrected chi connectivity index (χ0v) is 11.9. The standard InChI is InChI=1S/C15H20N2O3/c1-11-6-3-4-8-13(11)16(2)15(20)17-9-5-7-12(10-17)14(18)19/h3-4,6,8,12H,5,7,9-10H2,1-2H3,(H,18,19). The van der Waals surface area contributed by atoms with Gasteiger partial charge in [0.1, 0.15) is 0 Å². The number of carboxylic acid groups (broad SMARTS) is 1. The predicted molar refractivity (Wildman–Crippen MR) is 76.9 cm³/mol. The maximum Gasteiger partial charge on any atom is 0.324 e. The molecule has 1 aromatic carbocycles. The zero-order chi connectivity index (χ0) is 14.7. The number of likely N-dealkylation sites (tertiary alicyclic amines) is 1. The average molecular weight is 276 g/mol. The highest BCUT2D eigenvalue weighted by Crippen LogP contribution is 2.22. The second kappa shape index (κ2) is 5.94. The van der Waals surface area contributed by atoms with E-state index >= 15 is 0 Å². The lowest BCUT2D eigenvalue weighted by atomic mass is 9.98. The van der Waals surface area contributed by atoms with Crippen LogP contribution in [0.5, 0.6) is 0 Å². The molecule has 0 spiro atoms. The Bertz CT molecular complexity index is 516. The summed E-state index contributed by atoms with van der Waals surface area (Å²) >= 11 is 0. The molecule has 1 unspecified atom stereocenters. The van der Waals surface area contributed by atoms with Gasteiger partial charge in [0.05, 0.1) is 5.92 Å². The second-order valence-corrected chi connectivity index (χ2v) is 5.25. The van der Waals surface area contributed by atoms with Gasteiger partial charge in [0.2, 0.25) is 0 Å². The van der Waals surface area contributed by atoms with Gasteiger partial charge in [0.25, 0.3) is 0 Å². The Labute approximate surface area is 118 Å². The number of nitrogens with zero attached hydrogens (tertiary/aromatic N) is 2. The number of aryl methyl sites for hydroxylation is 1. The summed E-state index contributed by atoms with van der Waals surface area (Å²) in [6, 6.07) is 7.53. The van der Waals surface area contributed by atoms with E-state index in [0.29, 0.717) is 19.5 Å². The Kier molecular flexibility index (Phi) is 4.27. The van der Waals surface area contributed by atoms with E-state index in [9.17, 15) is 9.59 Å². The van der Waals surface area contributed by atoms with Gasteiger partial charge >= 0.3 is 12.0 Å². The number of urea groups is 1. The number of carbonyl (C=O) groups excluding carboxylic acids is 1. The molecule has 0 bridgehead atoms. The van der Waals surface area contributed by atoms with Crippen LogP contribution in [0.2, 0.25) is 0 Å². The van der Waals surface area contributed by atoms with Gasteiger partial charge in [-0.15, -0.1) is 0 Å². The molecule has 1 heterocycles. The Hall–Kier alpha value is -2.04. The van der Waals surface area contributed by atoms with Gasteiger partial charge in [-0.3, -0.25) is 9.69 Å². The molecule has 0 radical (unpaired) electrons. The first-order chi connectivity index (χ1) is 9.50. The highest BCUT2D eigenvalue weighted by Gasteiger charge is 2.30. The number of benzene rings is 1. The molecule has 0 aromatic heterocycles. The van der Waals surface area contributed by atoms with Crippen molar-refractivity contribution in [3.63, 3.8) is 0 Å². The first kappa shape index (κ1) is 14.4. The molecular formula is C15H20N2O3. The average Bonchev–Trinajstić information content (AvgIpc) is 2.46. The van der Waals surface area contributed by atoms with Crippen LogP contribution in [0.3, 0.4) is 0 Å². The van der Waals surface area contributed by atoms with Crippen LogP contribution >= 0.6 is 0 Å². The molecule has 20 heavy (non-hydrogen) atoms. The van der Waals surface area contributed by atoms with Crippen LogP contribution < -0.4 is 4.90 Å². The third-order valence-electron chi connectivity index (χ3n) is 3.80. The van der Waals surface area contributed by atoms with Crippen molar-refractivity contribution in [2.45, 2.75) is 19.8 Å². The fourth-order valence-corrected chi connectivity index (χ4v) is 2.61. The lowest BCUT2D eigenvalue weighted by Gasteiger charge is -2.34. The topological polar surface area (TPSA) is 60.9 Å². The third kappa shape index (κ3) is 2.92. The van der Waals surface area contributed by atoms with Crippen LogP contribution in [0.1, 0.15) is 18.4 Å². The fourth-order valence-electron chi connectivity index (χ4n) is 2.61. The minimum Gasteiger partial charge on any atom is -0.481 e. The minimum absolute atomic E-state index is 0.134. The van der Waals surface area contributed by atoms with E-state index in [1.54, 1.807) is 16.8 Å². The fraction of sp³-hybridized carbons (Fsp3) is 0.467. The third-order valence-corrected chi connectivity index (χ3v) is 3.80. The number of aliphatic carboxylic acids is 1. The number of anilines is 1. The largest absolute Gasteiger partial charge is 0.481 e. The van der Waals surface area contributed by atoms with Crippen LogP contribution in [0.4, 0.5) is 10.5 Å². The molecule has 2 amide bonds. The van der Waals surface area contributed by atoms with Crippen LogP contribution in [-0.2, 0) is 4.79 Å². The van der Waals surface area contributed by atoms with Crippen molar-refractivity contribution in [2.75, 3.05) is 25.0 Å². The highest BCUT2D eigenvalue weighted by atomic mass is 16.4. The van der Waals surface area contributed by atoms with Crippen molar-refractivity contribution in [3.05, 3.63) is 29.8 Å². The molecule has 1 saturated heterocycles. The van der Waals surface area contributed by atoms with E-state index in [1.807, 2.05) is 31.2 Å². The summed E-state index contributed by atoms with van der Waals surface area (Å²) in [5.74, 6) is -1.26. The Morgan fingerprint density at radius 2 is 2.05 bits per heavy atom. The number of hydrogen-bond donors (Lipinski definition) is 1. The molecule has 5 nitrogen and oxygen atoms in total. The molecule has 1 aliphatic rings. The van der Waals surface area contributed by atoms with Crippen LogP contribution in [0.15, 0.2) is 24.3 Å². The van der Waals surface area contributed by atoms with Gasteiger partial charge < -0.3 is 10.0 Å². The van der Waals surface area contributed by atoms with E-state index in [1.165, 1.54) is 0 Å². The van der Waals surface area contributed by atoms with Gasteiger partial charge in [-0.05, 0) is 31.4 Å². The summed E-state index contributed by atoms with van der Waals surface area (Å²) in [7, 11) is 1.73. The second-order valence-electron chi connectivity index (χ2n) is 5.25. The van der Waals surface area contributed by atoms with Gasteiger partial charge in [-0.25, -0.2) is 4.79 Å². The molecule has 0 saturated carbocycles. The summed E-state index contributed by atoms with van der Waals surface area (Å²) in [6.45, 7) is 2.87. The molecule has 1 N–H and O–H groups in total. The van der Waals surface area contributed by atoms with E-state index in [-0.39, 0.29) is 6.03 Å². The summed E-state index contributed by atoms with van der Waals surface area (Å²) in [5, 5.41) is 9.09. The minimum atomic E-state index is -0.818. The van der Waals surface area contributed by atoms with Crippen molar-refractivity contribution in [2.24, 2.45) is 5.92 Å². The maximum absolute atomic E-state index is 12.5. The first-order valence-corrected chi connectivity index (χ1v) is 6.81. The van der Waals surface area contributed by atoms with Gasteiger partial charge in [0.15, 0.2) is 0 Å². The highest BCUT2D eigenvalue weighted by molar-refractivity contribution is 5.92. The van der Waals surface area contributed by atoms with Crippen molar-refractivity contribution >= 4 is 17.7 Å². The number of carboxylic acids is 1. The molecule has 1 fully saturated rings. The lowest BCUT2D eigenvalue weighted by Crippen LogP contribution is -2.47. The van der Waals surface area contributed by atoms with Gasteiger partial charge in [-0.2, -0.15) is 0 Å². The van der Waals surface area contributed by atoms with Crippen molar-refractivity contribution in [1.29, 1.82) is 0 Å². The summed E-state index contributed by atoms with van der Waals surface area (Å²) in [6.07, 6.45) is 1.39. The Balaban J connectivity index is 2.11. The van der Waals surface area contributed by atoms with Crippen molar-refractivity contribution in [1.82, 2.24) is 4.90 Å². The maximum atomic E-state index is 12.5. The number of para-hydroxylation sites is 1. The van der Waals surface area contributed by atoms with E-state index in [0.717, 1.165) is 17.7 Å². The SMILES string of the molecule is Cc1ccccc1N(C)C(=O)N1CCCC(C(=O)O)C1. The molecule has 1 atom stereocenters. The number of hydrogen-bond acceptors (Lipinski definition) is 2. The molecular weight excluding hydrogens is 256 g/mol. The van der Waals surface area contributed by atoms with Gasteiger partial charge in [-0.1, -0.05) is 18.2 Å². The first-order valence-electron chi connectivity index (χ1n) is 6.81. The predicted octanol–water partition coefficient (Wildman–Crippen LogP) is 2.35. The number of amides is 2. The summed E-state index contributed by atoms with van der Waals surface area (Å²) in [4.78, 5) is 26.8. The monoisotopic (exact) mass is 276 g/mol. The zero-order valence-electron chi connectivity index (χ0n) is 11.9. The van der Waals surface area contributed by atoms with Crippen LogP contribution in [0, 0.1) is 12.8 Å². The quantitative estimate of drug-likeness (QED) is 0.902. The van der Waals surface area contributed by atoms with E-state index in [4.69, 9.17) is 5.11 Å². The summed E-state index contributed by atoms with van der Waals surface area (Å²) < 4.78 is 0. The molecule has 1 aromatic rings. The Morgan fingerprint density at radius 1 is 1.35 bits per heavy atom. The lowest BCUT2D eigenvalue weighted by molar-refractivity contribution is -0.143. The molecule has 1 aliphatic heterocycles. The van der Waals surface area contributed by atoms with Crippen LogP contribution in [0.25, 0.3) is 0 Å².